The fourth-order valence-corrected chi connectivity index (χ4v) is 2.66. The number of hydrogen-bond acceptors (Lipinski definition) is 4. The van der Waals surface area contributed by atoms with Gasteiger partial charge in [-0.05, 0) is 18.2 Å². The zero-order valence-corrected chi connectivity index (χ0v) is 14.4. The predicted octanol–water partition coefficient (Wildman–Crippen LogP) is 2.61. The van der Waals surface area contributed by atoms with E-state index < -0.39 is 11.7 Å². The third-order valence-electron chi connectivity index (χ3n) is 3.81. The van der Waals surface area contributed by atoms with Gasteiger partial charge in [-0.2, -0.15) is 13.2 Å². The van der Waals surface area contributed by atoms with E-state index in [1.54, 1.807) is 0 Å². The Bertz CT molecular complexity index is 578. The molecule has 0 bridgehead atoms. The highest BCUT2D eigenvalue weighted by Gasteiger charge is 2.33. The number of nitrogens with one attached hydrogen (secondary N) is 2. The topological polar surface area (TPSA) is 53.6 Å². The molecular formula is C16H21ClF3N3O2. The van der Waals surface area contributed by atoms with Crippen molar-refractivity contribution in [1.82, 2.24) is 10.2 Å². The molecule has 0 saturated carbocycles. The van der Waals surface area contributed by atoms with Crippen molar-refractivity contribution >= 4 is 23.2 Å². The Balaban J connectivity index is 1.68. The lowest BCUT2D eigenvalue weighted by molar-refractivity contribution is -0.137. The maximum absolute atomic E-state index is 12.8. The molecule has 0 aliphatic carbocycles. The van der Waals surface area contributed by atoms with Crippen LogP contribution in [0.15, 0.2) is 18.2 Å². The van der Waals surface area contributed by atoms with Gasteiger partial charge in [0.15, 0.2) is 0 Å². The van der Waals surface area contributed by atoms with E-state index in [9.17, 15) is 18.0 Å². The first-order chi connectivity index (χ1) is 11.9. The summed E-state index contributed by atoms with van der Waals surface area (Å²) in [6, 6.07) is 3.59. The number of anilines is 1. The summed E-state index contributed by atoms with van der Waals surface area (Å²) < 4.78 is 43.6. The Kier molecular flexibility index (Phi) is 7.34. The highest BCUT2D eigenvalue weighted by molar-refractivity contribution is 6.31. The first-order valence-corrected chi connectivity index (χ1v) is 8.41. The van der Waals surface area contributed by atoms with Gasteiger partial charge in [0, 0.05) is 44.8 Å². The average Bonchev–Trinajstić information content (AvgIpc) is 2.56. The number of hydrogen-bond donors (Lipinski definition) is 2. The van der Waals surface area contributed by atoms with Crippen LogP contribution in [0.2, 0.25) is 5.02 Å². The van der Waals surface area contributed by atoms with Crippen LogP contribution < -0.4 is 10.6 Å². The highest BCUT2D eigenvalue weighted by Crippen LogP contribution is 2.36. The number of ether oxygens (including phenoxy) is 1. The fourth-order valence-electron chi connectivity index (χ4n) is 2.44. The second-order valence-electron chi connectivity index (χ2n) is 5.67. The summed E-state index contributed by atoms with van der Waals surface area (Å²) in [7, 11) is 0. The first-order valence-electron chi connectivity index (χ1n) is 8.03. The molecule has 0 atom stereocenters. The first kappa shape index (κ1) is 19.8. The van der Waals surface area contributed by atoms with Crippen molar-refractivity contribution in [3.63, 3.8) is 0 Å². The molecule has 1 aromatic rings. The zero-order chi connectivity index (χ0) is 18.3. The summed E-state index contributed by atoms with van der Waals surface area (Å²) in [6.07, 6.45) is -4.33. The van der Waals surface area contributed by atoms with Gasteiger partial charge in [0.25, 0.3) is 0 Å². The van der Waals surface area contributed by atoms with E-state index in [2.05, 4.69) is 15.5 Å². The van der Waals surface area contributed by atoms with Crippen LogP contribution >= 0.6 is 11.6 Å². The van der Waals surface area contributed by atoms with Crippen LogP contribution in [0.4, 0.5) is 18.9 Å². The van der Waals surface area contributed by atoms with E-state index in [1.807, 2.05) is 0 Å². The molecule has 1 fully saturated rings. The van der Waals surface area contributed by atoms with Crippen LogP contribution in [0.5, 0.6) is 0 Å². The van der Waals surface area contributed by atoms with E-state index in [0.29, 0.717) is 19.8 Å². The van der Waals surface area contributed by atoms with Crippen LogP contribution in [0.3, 0.4) is 0 Å². The SMILES string of the molecule is O=C(CCNc1ccc(Cl)c(C(F)(F)F)c1)NCCN1CCOCC1. The van der Waals surface area contributed by atoms with Crippen molar-refractivity contribution in [2.24, 2.45) is 0 Å². The number of nitrogens with zero attached hydrogens (tertiary/aromatic N) is 1. The second-order valence-corrected chi connectivity index (χ2v) is 6.08. The van der Waals surface area contributed by atoms with Crippen LogP contribution in [-0.2, 0) is 15.7 Å². The maximum Gasteiger partial charge on any atom is 0.417 e. The quantitative estimate of drug-likeness (QED) is 0.764. The highest BCUT2D eigenvalue weighted by atomic mass is 35.5. The molecule has 0 unspecified atom stereocenters. The van der Waals surface area contributed by atoms with Gasteiger partial charge in [-0.3, -0.25) is 9.69 Å². The monoisotopic (exact) mass is 379 g/mol. The summed E-state index contributed by atoms with van der Waals surface area (Å²) in [5.41, 5.74) is -0.619. The number of benzene rings is 1. The summed E-state index contributed by atoms with van der Waals surface area (Å²) in [4.78, 5) is 14.0. The van der Waals surface area contributed by atoms with Crippen molar-refractivity contribution in [3.05, 3.63) is 28.8 Å². The molecule has 1 aliphatic rings. The predicted molar refractivity (Wildman–Crippen MR) is 89.8 cm³/mol. The Labute approximate surface area is 149 Å². The van der Waals surface area contributed by atoms with E-state index in [0.717, 1.165) is 25.7 Å². The van der Waals surface area contributed by atoms with Gasteiger partial charge in [-0.25, -0.2) is 0 Å². The molecule has 2 rings (SSSR count). The van der Waals surface area contributed by atoms with Crippen LogP contribution in [-0.4, -0.2) is 56.7 Å². The number of rotatable bonds is 7. The van der Waals surface area contributed by atoms with Crippen molar-refractivity contribution in [2.45, 2.75) is 12.6 Å². The smallest absolute Gasteiger partial charge is 0.385 e. The van der Waals surface area contributed by atoms with Crippen molar-refractivity contribution < 1.29 is 22.7 Å². The van der Waals surface area contributed by atoms with E-state index in [1.165, 1.54) is 12.1 Å². The molecular weight excluding hydrogens is 359 g/mol. The lowest BCUT2D eigenvalue weighted by atomic mass is 10.2. The van der Waals surface area contributed by atoms with E-state index >= 15 is 0 Å². The van der Waals surface area contributed by atoms with Crippen molar-refractivity contribution in [3.8, 4) is 0 Å². The van der Waals surface area contributed by atoms with Crippen molar-refractivity contribution in [2.75, 3.05) is 51.3 Å². The standard InChI is InChI=1S/C16H21ClF3N3O2/c17-14-2-1-12(11-13(14)16(18,19)20)21-4-3-15(24)22-5-6-23-7-9-25-10-8-23/h1-2,11,21H,3-10H2,(H,22,24). The van der Waals surface area contributed by atoms with Gasteiger partial charge in [0.2, 0.25) is 5.91 Å². The molecule has 0 radical (unpaired) electrons. The molecule has 25 heavy (non-hydrogen) atoms. The number of halogens is 4. The minimum absolute atomic E-state index is 0.147. The van der Waals surface area contributed by atoms with Gasteiger partial charge >= 0.3 is 6.18 Å². The molecule has 5 nitrogen and oxygen atoms in total. The molecule has 1 aliphatic heterocycles. The van der Waals surface area contributed by atoms with Gasteiger partial charge in [0.1, 0.15) is 0 Å². The Hall–Kier alpha value is -1.51. The normalized spacial score (nSPS) is 15.8. The summed E-state index contributed by atoms with van der Waals surface area (Å²) in [5, 5.41) is 5.26. The lowest BCUT2D eigenvalue weighted by Crippen LogP contribution is -2.41. The molecule has 2 N–H and O–H groups in total. The van der Waals surface area contributed by atoms with Gasteiger partial charge in [0.05, 0.1) is 23.8 Å². The molecule has 1 heterocycles. The third kappa shape index (κ3) is 6.72. The number of amides is 1. The number of alkyl halides is 3. The number of morpholine rings is 1. The maximum atomic E-state index is 12.8. The van der Waals surface area contributed by atoms with Gasteiger partial charge < -0.3 is 15.4 Å². The summed E-state index contributed by atoms with van der Waals surface area (Å²) in [5.74, 6) is -0.147. The average molecular weight is 380 g/mol. The molecule has 9 heteroatoms. The Morgan fingerprint density at radius 2 is 1.96 bits per heavy atom. The number of carbonyl (C=O) groups excluding carboxylic acids is 1. The molecule has 1 aromatic carbocycles. The minimum atomic E-state index is -4.51. The van der Waals surface area contributed by atoms with Crippen LogP contribution in [0, 0.1) is 0 Å². The van der Waals surface area contributed by atoms with Crippen LogP contribution in [0.25, 0.3) is 0 Å². The molecule has 1 amide bonds. The second kappa shape index (κ2) is 9.26. The van der Waals surface area contributed by atoms with Crippen LogP contribution in [0.1, 0.15) is 12.0 Å². The Morgan fingerprint density at radius 1 is 1.24 bits per heavy atom. The molecule has 0 aromatic heterocycles. The molecule has 140 valence electrons. The molecule has 1 saturated heterocycles. The summed E-state index contributed by atoms with van der Waals surface area (Å²) >= 11 is 5.56. The zero-order valence-electron chi connectivity index (χ0n) is 13.7. The fraction of sp³-hybridized carbons (Fsp3) is 0.562. The number of carbonyl (C=O) groups is 1. The van der Waals surface area contributed by atoms with Gasteiger partial charge in [-0.15, -0.1) is 0 Å². The minimum Gasteiger partial charge on any atom is -0.385 e. The largest absolute Gasteiger partial charge is 0.417 e. The van der Waals surface area contributed by atoms with E-state index in [-0.39, 0.29) is 29.6 Å². The third-order valence-corrected chi connectivity index (χ3v) is 4.14. The molecule has 0 spiro atoms. The van der Waals surface area contributed by atoms with Crippen molar-refractivity contribution in [1.29, 1.82) is 0 Å². The Morgan fingerprint density at radius 3 is 2.64 bits per heavy atom. The summed E-state index contributed by atoms with van der Waals surface area (Å²) in [6.45, 7) is 4.66. The van der Waals surface area contributed by atoms with Gasteiger partial charge in [-0.1, -0.05) is 11.6 Å². The lowest BCUT2D eigenvalue weighted by Gasteiger charge is -2.26. The van der Waals surface area contributed by atoms with E-state index in [4.69, 9.17) is 16.3 Å².